The number of fused-ring (bicyclic) bond motifs is 1. The fourth-order valence-corrected chi connectivity index (χ4v) is 5.50. The smallest absolute Gasteiger partial charge is 0.336 e. The monoisotopic (exact) mass is 423 g/mol. The van der Waals surface area contributed by atoms with Gasteiger partial charge in [-0.25, -0.2) is 9.59 Å². The highest BCUT2D eigenvalue weighted by Crippen LogP contribution is 2.43. The third-order valence-electron chi connectivity index (χ3n) is 7.06. The van der Waals surface area contributed by atoms with Crippen molar-refractivity contribution in [1.82, 2.24) is 5.32 Å². The predicted molar refractivity (Wildman–Crippen MR) is 118 cm³/mol. The van der Waals surface area contributed by atoms with Gasteiger partial charge < -0.3 is 15.5 Å². The van der Waals surface area contributed by atoms with Crippen molar-refractivity contribution in [3.63, 3.8) is 0 Å². The number of benzene rings is 2. The zero-order valence-corrected chi connectivity index (χ0v) is 18.0. The van der Waals surface area contributed by atoms with E-state index in [0.717, 1.165) is 44.1 Å². The third kappa shape index (κ3) is 4.03. The van der Waals surface area contributed by atoms with Gasteiger partial charge in [0.15, 0.2) is 0 Å². The standard InChI is InChI=1S/C25H29NO5/c1-13-3-5-15(11-13)17-7-9-20(25(30)31)22-18(8-10-19(21(17)22)24(28)29)23(27)26-16-6-4-14(2)12-16/h7-10,13-16H,3-6,11-12H2,1-2H3,(H,26,27)(H,28,29)(H,30,31). The summed E-state index contributed by atoms with van der Waals surface area (Å²) >= 11 is 0. The minimum absolute atomic E-state index is 0.0298. The molecule has 0 saturated heterocycles. The van der Waals surface area contributed by atoms with E-state index in [1.165, 1.54) is 18.2 Å². The van der Waals surface area contributed by atoms with Crippen LogP contribution in [0.25, 0.3) is 10.8 Å². The number of rotatable bonds is 5. The van der Waals surface area contributed by atoms with Gasteiger partial charge in [-0.05, 0) is 73.6 Å². The van der Waals surface area contributed by atoms with Crippen LogP contribution in [0.2, 0.25) is 0 Å². The Morgan fingerprint density at radius 1 is 0.774 bits per heavy atom. The maximum Gasteiger partial charge on any atom is 0.336 e. The first kappa shape index (κ1) is 21.3. The number of nitrogens with one attached hydrogen (secondary N) is 1. The zero-order chi connectivity index (χ0) is 22.3. The van der Waals surface area contributed by atoms with Gasteiger partial charge in [0, 0.05) is 22.4 Å². The Labute approximate surface area is 181 Å². The Kier molecular flexibility index (Phi) is 5.73. The van der Waals surface area contributed by atoms with Crippen molar-refractivity contribution in [3.05, 3.63) is 46.5 Å². The van der Waals surface area contributed by atoms with Crippen molar-refractivity contribution in [2.24, 2.45) is 11.8 Å². The molecule has 0 bridgehead atoms. The van der Waals surface area contributed by atoms with Gasteiger partial charge in [-0.1, -0.05) is 26.3 Å². The van der Waals surface area contributed by atoms with Gasteiger partial charge in [0.05, 0.1) is 11.1 Å². The summed E-state index contributed by atoms with van der Waals surface area (Å²) in [6.45, 7) is 4.33. The largest absolute Gasteiger partial charge is 0.478 e. The SMILES string of the molecule is CC1CCC(NC(=O)c2ccc(C(=O)O)c3c(C4CCC(C)C4)ccc(C(=O)O)c23)C1. The molecule has 2 saturated carbocycles. The quantitative estimate of drug-likeness (QED) is 0.624. The second-order valence-corrected chi connectivity index (χ2v) is 9.43. The molecule has 0 heterocycles. The molecule has 164 valence electrons. The first-order chi connectivity index (χ1) is 14.8. The number of carbonyl (C=O) groups is 3. The van der Waals surface area contributed by atoms with Crippen LogP contribution < -0.4 is 5.32 Å². The van der Waals surface area contributed by atoms with Gasteiger partial charge in [-0.15, -0.1) is 0 Å². The average Bonchev–Trinajstić information content (AvgIpc) is 3.33. The highest BCUT2D eigenvalue weighted by atomic mass is 16.4. The molecule has 4 unspecified atom stereocenters. The molecule has 0 spiro atoms. The van der Waals surface area contributed by atoms with E-state index in [1.54, 1.807) is 6.07 Å². The van der Waals surface area contributed by atoms with E-state index in [1.807, 2.05) is 0 Å². The van der Waals surface area contributed by atoms with Crippen LogP contribution in [0.3, 0.4) is 0 Å². The lowest BCUT2D eigenvalue weighted by Crippen LogP contribution is -2.33. The molecule has 0 aliphatic heterocycles. The van der Waals surface area contributed by atoms with Crippen LogP contribution >= 0.6 is 0 Å². The first-order valence-electron chi connectivity index (χ1n) is 11.1. The zero-order valence-electron chi connectivity index (χ0n) is 18.0. The molecule has 0 aromatic heterocycles. The molecule has 4 atom stereocenters. The van der Waals surface area contributed by atoms with E-state index < -0.39 is 11.9 Å². The van der Waals surface area contributed by atoms with Crippen molar-refractivity contribution in [2.75, 3.05) is 0 Å². The van der Waals surface area contributed by atoms with Crippen LogP contribution in [-0.2, 0) is 0 Å². The predicted octanol–water partition coefficient (Wildman–Crippen LogP) is 5.06. The Hall–Kier alpha value is -2.89. The Bertz CT molecular complexity index is 1060. The van der Waals surface area contributed by atoms with Gasteiger partial charge in [0.2, 0.25) is 0 Å². The fraction of sp³-hybridized carbons (Fsp3) is 0.480. The molecule has 2 aromatic carbocycles. The number of carboxylic acids is 2. The van der Waals surface area contributed by atoms with Crippen LogP contribution in [-0.4, -0.2) is 34.1 Å². The molecule has 2 aliphatic carbocycles. The van der Waals surface area contributed by atoms with Gasteiger partial charge >= 0.3 is 11.9 Å². The van der Waals surface area contributed by atoms with Gasteiger partial charge in [0.25, 0.3) is 5.91 Å². The lowest BCUT2D eigenvalue weighted by atomic mass is 9.85. The molecule has 6 nitrogen and oxygen atoms in total. The van der Waals surface area contributed by atoms with E-state index in [0.29, 0.717) is 17.2 Å². The third-order valence-corrected chi connectivity index (χ3v) is 7.06. The summed E-state index contributed by atoms with van der Waals surface area (Å²) in [5.41, 5.74) is 1.10. The fourth-order valence-electron chi connectivity index (χ4n) is 5.50. The minimum Gasteiger partial charge on any atom is -0.478 e. The maximum absolute atomic E-state index is 13.2. The number of carboxylic acid groups (broad SMARTS) is 2. The van der Waals surface area contributed by atoms with Crippen molar-refractivity contribution in [2.45, 2.75) is 64.3 Å². The molecule has 6 heteroatoms. The molecule has 3 N–H and O–H groups in total. The summed E-state index contributed by atoms with van der Waals surface area (Å²) in [5.74, 6) is -1.38. The number of carbonyl (C=O) groups excluding carboxylic acids is 1. The normalized spacial score (nSPS) is 25.6. The molecule has 2 aromatic rings. The molecule has 2 fully saturated rings. The summed E-state index contributed by atoms with van der Waals surface area (Å²) in [6, 6.07) is 6.26. The average molecular weight is 424 g/mol. The molecular weight excluding hydrogens is 394 g/mol. The highest BCUT2D eigenvalue weighted by Gasteiger charge is 2.30. The lowest BCUT2D eigenvalue weighted by molar-refractivity contribution is 0.0686. The summed E-state index contributed by atoms with van der Waals surface area (Å²) in [4.78, 5) is 37.3. The minimum atomic E-state index is -1.16. The number of amides is 1. The van der Waals surface area contributed by atoms with Crippen molar-refractivity contribution < 1.29 is 24.6 Å². The molecule has 4 rings (SSSR count). The second-order valence-electron chi connectivity index (χ2n) is 9.43. The summed E-state index contributed by atoms with van der Waals surface area (Å²) < 4.78 is 0. The summed E-state index contributed by atoms with van der Waals surface area (Å²) in [5, 5.41) is 23.4. The summed E-state index contributed by atoms with van der Waals surface area (Å²) in [7, 11) is 0. The van der Waals surface area contributed by atoms with Gasteiger partial charge in [0.1, 0.15) is 0 Å². The van der Waals surface area contributed by atoms with Crippen molar-refractivity contribution in [1.29, 1.82) is 0 Å². The second kappa shape index (κ2) is 8.33. The van der Waals surface area contributed by atoms with E-state index in [9.17, 15) is 24.6 Å². The molecule has 0 radical (unpaired) electrons. The Balaban J connectivity index is 1.90. The van der Waals surface area contributed by atoms with E-state index in [-0.39, 0.29) is 39.9 Å². The number of aromatic carboxylic acids is 2. The van der Waals surface area contributed by atoms with Gasteiger partial charge in [-0.3, -0.25) is 4.79 Å². The maximum atomic E-state index is 13.2. The van der Waals surface area contributed by atoms with Crippen LogP contribution in [0, 0.1) is 11.8 Å². The Morgan fingerprint density at radius 3 is 1.94 bits per heavy atom. The van der Waals surface area contributed by atoms with Crippen LogP contribution in [0.15, 0.2) is 24.3 Å². The molecule has 2 aliphatic rings. The molecule has 31 heavy (non-hydrogen) atoms. The molecule has 1 amide bonds. The van der Waals surface area contributed by atoms with Crippen LogP contribution in [0.5, 0.6) is 0 Å². The van der Waals surface area contributed by atoms with E-state index in [2.05, 4.69) is 19.2 Å². The highest BCUT2D eigenvalue weighted by molar-refractivity contribution is 6.19. The van der Waals surface area contributed by atoms with Crippen LogP contribution in [0.1, 0.15) is 94.9 Å². The lowest BCUT2D eigenvalue weighted by Gasteiger charge is -2.20. The van der Waals surface area contributed by atoms with Crippen molar-refractivity contribution >= 4 is 28.6 Å². The van der Waals surface area contributed by atoms with Gasteiger partial charge in [-0.2, -0.15) is 0 Å². The topological polar surface area (TPSA) is 104 Å². The number of hydrogen-bond acceptors (Lipinski definition) is 3. The van der Waals surface area contributed by atoms with Crippen LogP contribution in [0.4, 0.5) is 0 Å². The summed E-state index contributed by atoms with van der Waals surface area (Å²) in [6.07, 6.45) is 5.75. The molecular formula is C25H29NO5. The first-order valence-corrected chi connectivity index (χ1v) is 11.1. The van der Waals surface area contributed by atoms with Crippen molar-refractivity contribution in [3.8, 4) is 0 Å². The van der Waals surface area contributed by atoms with E-state index in [4.69, 9.17) is 0 Å². The number of hydrogen-bond donors (Lipinski definition) is 3. The van der Waals surface area contributed by atoms with E-state index >= 15 is 0 Å². The Morgan fingerprint density at radius 2 is 1.35 bits per heavy atom.